The molecule has 3 rings (SSSR count). The van der Waals surface area contributed by atoms with Crippen LogP contribution in [-0.4, -0.2) is 46.7 Å². The molecule has 0 aliphatic rings. The van der Waals surface area contributed by atoms with Crippen LogP contribution in [0.1, 0.15) is 5.56 Å². The minimum atomic E-state index is 0. The van der Waals surface area contributed by atoms with E-state index in [0.717, 1.165) is 40.2 Å². The van der Waals surface area contributed by atoms with E-state index < -0.39 is 0 Å². The molecule has 0 amide bonds. The van der Waals surface area contributed by atoms with Gasteiger partial charge >= 0.3 is 0 Å². The maximum Gasteiger partial charge on any atom is 0.214 e. The molecule has 3 aromatic rings. The number of halogens is 1. The second-order valence-corrected chi connectivity index (χ2v) is 6.45. The van der Waals surface area contributed by atoms with E-state index in [0.29, 0.717) is 6.54 Å². The summed E-state index contributed by atoms with van der Waals surface area (Å²) in [7, 11) is 3.29. The first-order valence-corrected chi connectivity index (χ1v) is 9.19. The fourth-order valence-electron chi connectivity index (χ4n) is 2.53. The van der Waals surface area contributed by atoms with Crippen molar-refractivity contribution in [2.24, 2.45) is 0 Å². The summed E-state index contributed by atoms with van der Waals surface area (Å²) < 4.78 is 12.5. The number of tetrazole rings is 1. The highest BCUT2D eigenvalue weighted by Crippen LogP contribution is 2.30. The van der Waals surface area contributed by atoms with Gasteiger partial charge in [0.15, 0.2) is 11.5 Å². The van der Waals surface area contributed by atoms with Crippen LogP contribution in [-0.2, 0) is 6.54 Å². The van der Waals surface area contributed by atoms with E-state index in [4.69, 9.17) is 9.47 Å². The fourth-order valence-corrected chi connectivity index (χ4v) is 3.32. The summed E-state index contributed by atoms with van der Waals surface area (Å²) in [5, 5.41) is 16.1. The molecule has 0 saturated heterocycles. The van der Waals surface area contributed by atoms with E-state index in [-0.39, 0.29) is 12.4 Å². The largest absolute Gasteiger partial charge is 0.493 e. The Labute approximate surface area is 168 Å². The smallest absolute Gasteiger partial charge is 0.214 e. The van der Waals surface area contributed by atoms with Gasteiger partial charge < -0.3 is 14.8 Å². The van der Waals surface area contributed by atoms with Gasteiger partial charge in [-0.05, 0) is 28.6 Å². The minimum Gasteiger partial charge on any atom is -0.493 e. The molecule has 7 nitrogen and oxygen atoms in total. The summed E-state index contributed by atoms with van der Waals surface area (Å²) in [4.78, 5) is 0. The lowest BCUT2D eigenvalue weighted by Crippen LogP contribution is -2.17. The van der Waals surface area contributed by atoms with E-state index in [1.807, 2.05) is 48.5 Å². The number of rotatable bonds is 9. The highest BCUT2D eigenvalue weighted by Gasteiger charge is 2.10. The zero-order valence-corrected chi connectivity index (χ0v) is 16.8. The summed E-state index contributed by atoms with van der Waals surface area (Å²) in [6.45, 7) is 1.51. The quantitative estimate of drug-likeness (QED) is 0.431. The molecule has 1 N–H and O–H groups in total. The van der Waals surface area contributed by atoms with Crippen molar-refractivity contribution in [2.75, 3.05) is 26.5 Å². The number of methoxy groups -OCH3 is 2. The first-order valence-electron chi connectivity index (χ1n) is 8.20. The topological polar surface area (TPSA) is 74.1 Å². The van der Waals surface area contributed by atoms with Gasteiger partial charge in [-0.15, -0.1) is 17.5 Å². The van der Waals surface area contributed by atoms with E-state index >= 15 is 0 Å². The van der Waals surface area contributed by atoms with E-state index in [1.165, 1.54) is 0 Å². The number of benzene rings is 2. The van der Waals surface area contributed by atoms with Crippen molar-refractivity contribution in [2.45, 2.75) is 11.7 Å². The molecule has 9 heteroatoms. The summed E-state index contributed by atoms with van der Waals surface area (Å²) in [6.07, 6.45) is 0. The van der Waals surface area contributed by atoms with Gasteiger partial charge in [0.2, 0.25) is 5.16 Å². The first kappa shape index (κ1) is 21.0. The van der Waals surface area contributed by atoms with Crippen molar-refractivity contribution in [1.29, 1.82) is 0 Å². The number of para-hydroxylation sites is 2. The van der Waals surface area contributed by atoms with Gasteiger partial charge in [-0.2, -0.15) is 4.68 Å². The van der Waals surface area contributed by atoms with Crippen LogP contribution in [0.2, 0.25) is 0 Å². The van der Waals surface area contributed by atoms with Crippen molar-refractivity contribution in [3.05, 3.63) is 54.1 Å². The Morgan fingerprint density at radius 3 is 2.59 bits per heavy atom. The third kappa shape index (κ3) is 5.35. The predicted molar refractivity (Wildman–Crippen MR) is 108 cm³/mol. The molecule has 1 heterocycles. The van der Waals surface area contributed by atoms with Gasteiger partial charge in [-0.25, -0.2) is 0 Å². The van der Waals surface area contributed by atoms with Crippen LogP contribution in [0.25, 0.3) is 5.69 Å². The number of nitrogens with one attached hydrogen (secondary N) is 1. The lowest BCUT2D eigenvalue weighted by molar-refractivity contribution is 0.351. The molecule has 0 aliphatic heterocycles. The van der Waals surface area contributed by atoms with Gasteiger partial charge in [-0.3, -0.25) is 0 Å². The zero-order valence-electron chi connectivity index (χ0n) is 15.2. The molecule has 1 aromatic heterocycles. The molecule has 0 atom stereocenters. The third-order valence-corrected chi connectivity index (χ3v) is 4.67. The van der Waals surface area contributed by atoms with Crippen LogP contribution in [0, 0.1) is 0 Å². The van der Waals surface area contributed by atoms with Gasteiger partial charge in [-0.1, -0.05) is 42.1 Å². The molecule has 0 aliphatic carbocycles. The number of thioether (sulfide) groups is 1. The Morgan fingerprint density at radius 1 is 1.04 bits per heavy atom. The standard InChI is InChI=1S/C18H21N5O2S.ClH/c1-24-16-10-6-7-14(17(16)25-2)13-19-11-12-26-18-20-21-22-23(18)15-8-4-3-5-9-15;/h3-10,19H,11-13H2,1-2H3;1H. The lowest BCUT2D eigenvalue weighted by Gasteiger charge is -2.13. The monoisotopic (exact) mass is 407 g/mol. The molecule has 0 unspecified atom stereocenters. The van der Waals surface area contributed by atoms with Crippen LogP contribution in [0.5, 0.6) is 11.5 Å². The second kappa shape index (κ2) is 10.8. The average Bonchev–Trinajstić information content (AvgIpc) is 3.16. The van der Waals surface area contributed by atoms with Crippen LogP contribution in [0.3, 0.4) is 0 Å². The number of aromatic nitrogens is 4. The van der Waals surface area contributed by atoms with Crippen molar-refractivity contribution < 1.29 is 9.47 Å². The Balaban J connectivity index is 0.00000261. The number of nitrogens with zero attached hydrogens (tertiary/aromatic N) is 4. The summed E-state index contributed by atoms with van der Waals surface area (Å²) in [5.41, 5.74) is 2.01. The molecule has 0 radical (unpaired) electrons. The van der Waals surface area contributed by atoms with E-state index in [1.54, 1.807) is 30.7 Å². The molecule has 27 heavy (non-hydrogen) atoms. The minimum absolute atomic E-state index is 0. The third-order valence-electron chi connectivity index (χ3n) is 3.75. The van der Waals surface area contributed by atoms with Gasteiger partial charge in [0.25, 0.3) is 0 Å². The van der Waals surface area contributed by atoms with Gasteiger partial charge in [0, 0.05) is 24.4 Å². The average molecular weight is 408 g/mol. The lowest BCUT2D eigenvalue weighted by atomic mass is 10.2. The Kier molecular flexibility index (Phi) is 8.38. The first-order chi connectivity index (χ1) is 12.8. The van der Waals surface area contributed by atoms with Crippen molar-refractivity contribution >= 4 is 24.2 Å². The van der Waals surface area contributed by atoms with Gasteiger partial charge in [0.05, 0.1) is 19.9 Å². The van der Waals surface area contributed by atoms with Crippen molar-refractivity contribution in [3.63, 3.8) is 0 Å². The van der Waals surface area contributed by atoms with Crippen molar-refractivity contribution in [1.82, 2.24) is 25.5 Å². The predicted octanol–water partition coefficient (Wildman–Crippen LogP) is 2.98. The molecular formula is C18H22ClN5O2S. The molecule has 144 valence electrons. The van der Waals surface area contributed by atoms with Gasteiger partial charge in [0.1, 0.15) is 0 Å². The number of hydrogen-bond donors (Lipinski definition) is 1. The molecule has 0 spiro atoms. The van der Waals surface area contributed by atoms with E-state index in [9.17, 15) is 0 Å². The molecule has 0 fully saturated rings. The van der Waals surface area contributed by atoms with Crippen molar-refractivity contribution in [3.8, 4) is 17.2 Å². The van der Waals surface area contributed by atoms with Crippen LogP contribution in [0.4, 0.5) is 0 Å². The highest BCUT2D eigenvalue weighted by molar-refractivity contribution is 7.99. The Morgan fingerprint density at radius 2 is 1.85 bits per heavy atom. The molecule has 0 bridgehead atoms. The Hall–Kier alpha value is -2.29. The maximum absolute atomic E-state index is 5.45. The summed E-state index contributed by atoms with van der Waals surface area (Å²) >= 11 is 1.61. The maximum atomic E-state index is 5.45. The zero-order chi connectivity index (χ0) is 18.2. The normalized spacial score (nSPS) is 10.3. The van der Waals surface area contributed by atoms with Crippen LogP contribution < -0.4 is 14.8 Å². The Bertz CT molecular complexity index is 832. The van der Waals surface area contributed by atoms with Crippen LogP contribution in [0.15, 0.2) is 53.7 Å². The summed E-state index contributed by atoms with van der Waals surface area (Å²) in [5.74, 6) is 2.35. The van der Waals surface area contributed by atoms with E-state index in [2.05, 4.69) is 20.8 Å². The van der Waals surface area contributed by atoms with Crippen LogP contribution >= 0.6 is 24.2 Å². The fraction of sp³-hybridized carbons (Fsp3) is 0.278. The number of hydrogen-bond acceptors (Lipinski definition) is 7. The highest BCUT2D eigenvalue weighted by atomic mass is 35.5. The molecule has 0 saturated carbocycles. The SMILES string of the molecule is COc1cccc(CNCCSc2nnnn2-c2ccccc2)c1OC.Cl. The molecule has 2 aromatic carbocycles. The summed E-state index contributed by atoms with van der Waals surface area (Å²) in [6, 6.07) is 15.7. The second-order valence-electron chi connectivity index (χ2n) is 5.39. The molecular weight excluding hydrogens is 386 g/mol. The number of ether oxygens (including phenoxy) is 2.